The van der Waals surface area contributed by atoms with Crippen molar-refractivity contribution in [3.63, 3.8) is 0 Å². The van der Waals surface area contributed by atoms with Gasteiger partial charge in [0.15, 0.2) is 18.3 Å². The molecule has 1 aromatic carbocycles. The molecule has 0 bridgehead atoms. The first-order valence-corrected chi connectivity index (χ1v) is 11.4. The molecular weight excluding hydrogens is 546 g/mol. The number of ether oxygens (including phenoxy) is 6. The van der Waals surface area contributed by atoms with Crippen LogP contribution in [0.1, 0.15) is 32.5 Å². The van der Waals surface area contributed by atoms with Crippen molar-refractivity contribution in [2.75, 3.05) is 7.11 Å². The van der Waals surface area contributed by atoms with Gasteiger partial charge in [0.1, 0.15) is 5.75 Å². The number of methoxy groups -OCH3 is 1. The van der Waals surface area contributed by atoms with Crippen LogP contribution in [0.3, 0.4) is 0 Å². The van der Waals surface area contributed by atoms with Gasteiger partial charge in [-0.2, -0.15) is 0 Å². The number of rotatable bonds is 6. The molecule has 1 aromatic heterocycles. The van der Waals surface area contributed by atoms with Gasteiger partial charge in [-0.3, -0.25) is 23.7 Å². The topological polar surface area (TPSA) is 146 Å². The minimum absolute atomic E-state index is 0.139. The first-order valence-electron chi connectivity index (χ1n) is 10.7. The normalized spacial score (nSPS) is 23.4. The summed E-state index contributed by atoms with van der Waals surface area (Å²) in [6.45, 7) is 4.63. The third-order valence-electron chi connectivity index (χ3n) is 5.15. The van der Waals surface area contributed by atoms with Crippen molar-refractivity contribution in [2.45, 2.75) is 58.4 Å². The van der Waals surface area contributed by atoms with Crippen molar-refractivity contribution < 1.29 is 52.4 Å². The zero-order valence-corrected chi connectivity index (χ0v) is 21.6. The minimum atomic E-state index is -1.60. The van der Waals surface area contributed by atoms with E-state index in [2.05, 4.69) is 15.9 Å². The number of benzene rings is 1. The Morgan fingerprint density at radius 2 is 1.47 bits per heavy atom. The number of hydrogen-bond acceptors (Lipinski definition) is 11. The highest BCUT2D eigenvalue weighted by Crippen LogP contribution is 2.35. The van der Waals surface area contributed by atoms with Gasteiger partial charge < -0.3 is 28.4 Å². The molecule has 13 heteroatoms. The monoisotopic (exact) mass is 569 g/mol. The number of carbonyl (C=O) groups is 5. The third kappa shape index (κ3) is 5.85. The summed E-state index contributed by atoms with van der Waals surface area (Å²) in [7, 11) is 1.09. The summed E-state index contributed by atoms with van der Waals surface area (Å²) in [4.78, 5) is 60.4. The van der Waals surface area contributed by atoms with E-state index in [1.54, 1.807) is 18.2 Å². The summed E-state index contributed by atoms with van der Waals surface area (Å²) in [5.74, 6) is -3.54. The van der Waals surface area contributed by atoms with Gasteiger partial charge >= 0.3 is 23.9 Å². The Morgan fingerprint density at radius 1 is 0.889 bits per heavy atom. The van der Waals surface area contributed by atoms with Gasteiger partial charge in [-0.05, 0) is 18.2 Å². The molecule has 3 rings (SSSR count). The van der Waals surface area contributed by atoms with Crippen LogP contribution >= 0.6 is 15.9 Å². The van der Waals surface area contributed by atoms with Crippen molar-refractivity contribution >= 4 is 56.6 Å². The molecule has 0 radical (unpaired) electrons. The van der Waals surface area contributed by atoms with Crippen molar-refractivity contribution in [3.8, 4) is 5.75 Å². The lowest BCUT2D eigenvalue weighted by Gasteiger charge is -2.43. The second kappa shape index (κ2) is 11.1. The van der Waals surface area contributed by atoms with E-state index in [1.807, 2.05) is 0 Å². The molecule has 36 heavy (non-hydrogen) atoms. The van der Waals surface area contributed by atoms with E-state index in [1.165, 1.54) is 17.7 Å². The summed E-state index contributed by atoms with van der Waals surface area (Å²) in [5.41, 5.74) is 0.513. The van der Waals surface area contributed by atoms with Crippen LogP contribution in [0.5, 0.6) is 5.75 Å². The highest BCUT2D eigenvalue weighted by Gasteiger charge is 2.56. The van der Waals surface area contributed by atoms with Crippen LogP contribution in [-0.2, 0) is 42.9 Å². The van der Waals surface area contributed by atoms with Crippen LogP contribution < -0.4 is 4.74 Å². The van der Waals surface area contributed by atoms with Gasteiger partial charge in [0.25, 0.3) is 0 Å². The van der Waals surface area contributed by atoms with E-state index in [9.17, 15) is 24.0 Å². The van der Waals surface area contributed by atoms with Crippen LogP contribution in [0.25, 0.3) is 10.9 Å². The molecule has 1 saturated heterocycles. The lowest BCUT2D eigenvalue weighted by molar-refractivity contribution is -0.282. The molecule has 5 unspecified atom stereocenters. The molecule has 2 aromatic rings. The average Bonchev–Trinajstić information content (AvgIpc) is 3.13. The van der Waals surface area contributed by atoms with E-state index in [0.717, 1.165) is 27.9 Å². The highest BCUT2D eigenvalue weighted by molar-refractivity contribution is 9.10. The van der Waals surface area contributed by atoms with Gasteiger partial charge in [0.05, 0.1) is 18.8 Å². The molecule has 2 heterocycles. The van der Waals surface area contributed by atoms with Gasteiger partial charge in [-0.1, -0.05) is 15.9 Å². The fraction of sp³-hybridized carbons (Fsp3) is 0.435. The van der Waals surface area contributed by atoms with Crippen LogP contribution in [0.2, 0.25) is 0 Å². The Morgan fingerprint density at radius 3 is 2.03 bits per heavy atom. The predicted octanol–water partition coefficient (Wildman–Crippen LogP) is 2.14. The Hall–Kier alpha value is -3.45. The number of hydrogen-bond donors (Lipinski definition) is 0. The minimum Gasteiger partial charge on any atom is -0.467 e. The summed E-state index contributed by atoms with van der Waals surface area (Å²) in [5, 5.41) is 0.491. The number of fused-ring (bicyclic) bond motifs is 1. The quantitative estimate of drug-likeness (QED) is 0.372. The molecule has 194 valence electrons. The van der Waals surface area contributed by atoms with E-state index in [-0.39, 0.29) is 11.7 Å². The van der Waals surface area contributed by atoms with Crippen molar-refractivity contribution in [3.05, 3.63) is 28.9 Å². The number of esters is 4. The molecule has 0 spiro atoms. The Kier molecular flexibility index (Phi) is 8.35. The number of halogens is 1. The second-order valence-corrected chi connectivity index (χ2v) is 8.75. The first kappa shape index (κ1) is 27.1. The van der Waals surface area contributed by atoms with E-state index in [0.29, 0.717) is 15.4 Å². The molecule has 0 aliphatic carbocycles. The zero-order valence-electron chi connectivity index (χ0n) is 20.0. The van der Waals surface area contributed by atoms with E-state index in [4.69, 9.17) is 28.4 Å². The summed E-state index contributed by atoms with van der Waals surface area (Å²) in [6, 6.07) is 5.11. The molecule has 1 fully saturated rings. The molecule has 12 nitrogen and oxygen atoms in total. The number of carbonyl (C=O) groups excluding carboxylic acids is 5. The van der Waals surface area contributed by atoms with Gasteiger partial charge in [-0.25, -0.2) is 4.79 Å². The van der Waals surface area contributed by atoms with Gasteiger partial charge in [-0.15, -0.1) is 0 Å². The zero-order chi connectivity index (χ0) is 26.7. The number of aromatic nitrogens is 1. The standard InChI is InChI=1S/C23H24BrNO11/c1-10(26)25-9-17(15-8-14(24)6-7-16(15)25)35-23-21(34-13(4)29)19(33-12(3)28)18(32-11(2)27)20(36-23)22(30)31-5/h6-9,18-21,23H,1-5H3. The fourth-order valence-electron chi connectivity index (χ4n) is 3.83. The first-order chi connectivity index (χ1) is 16.9. The maximum Gasteiger partial charge on any atom is 0.339 e. The SMILES string of the molecule is COC(=O)C1OC(Oc2cn(C(C)=O)c3ccc(Br)cc23)C(OC(C)=O)C(OC(C)=O)C1OC(C)=O. The van der Waals surface area contributed by atoms with Crippen LogP contribution in [0.4, 0.5) is 0 Å². The maximum atomic E-state index is 12.6. The molecule has 0 N–H and O–H groups in total. The van der Waals surface area contributed by atoms with Crippen LogP contribution in [0.15, 0.2) is 28.9 Å². The molecule has 0 amide bonds. The van der Waals surface area contributed by atoms with Gasteiger partial charge in [0, 0.05) is 37.6 Å². The molecule has 1 aliphatic rings. The van der Waals surface area contributed by atoms with Crippen LogP contribution in [0, 0.1) is 0 Å². The van der Waals surface area contributed by atoms with E-state index >= 15 is 0 Å². The Balaban J connectivity index is 2.13. The maximum absolute atomic E-state index is 12.6. The van der Waals surface area contributed by atoms with Crippen molar-refractivity contribution in [1.82, 2.24) is 4.57 Å². The number of nitrogens with zero attached hydrogens (tertiary/aromatic N) is 1. The average molecular weight is 570 g/mol. The molecule has 1 aliphatic heterocycles. The highest BCUT2D eigenvalue weighted by atomic mass is 79.9. The summed E-state index contributed by atoms with van der Waals surface area (Å²) in [6.07, 6.45) is -6.23. The smallest absolute Gasteiger partial charge is 0.339 e. The lowest BCUT2D eigenvalue weighted by atomic mass is 9.97. The summed E-state index contributed by atoms with van der Waals surface area (Å²) < 4.78 is 34.5. The van der Waals surface area contributed by atoms with Crippen LogP contribution in [-0.4, -0.2) is 72.2 Å². The predicted molar refractivity (Wildman–Crippen MR) is 124 cm³/mol. The Bertz CT molecular complexity index is 1210. The third-order valence-corrected chi connectivity index (χ3v) is 5.64. The van der Waals surface area contributed by atoms with E-state index < -0.39 is 54.6 Å². The molecule has 0 saturated carbocycles. The fourth-order valence-corrected chi connectivity index (χ4v) is 4.19. The lowest BCUT2D eigenvalue weighted by Crippen LogP contribution is -2.64. The molecule has 5 atom stereocenters. The van der Waals surface area contributed by atoms with Crippen molar-refractivity contribution in [2.24, 2.45) is 0 Å². The molecular formula is C23H24BrNO11. The second-order valence-electron chi connectivity index (χ2n) is 7.83. The van der Waals surface area contributed by atoms with Crippen molar-refractivity contribution in [1.29, 1.82) is 0 Å². The largest absolute Gasteiger partial charge is 0.467 e. The Labute approximate surface area is 213 Å². The van der Waals surface area contributed by atoms with Gasteiger partial charge in [0.2, 0.25) is 18.3 Å². The summed E-state index contributed by atoms with van der Waals surface area (Å²) >= 11 is 3.37.